The molecule has 3 heterocycles. The first-order valence-electron chi connectivity index (χ1n) is 17.5. The number of aromatic nitrogens is 2. The normalized spacial score (nSPS) is 11.5. The third-order valence-electron chi connectivity index (χ3n) is 9.39. The Labute approximate surface area is 312 Å². The van der Waals surface area contributed by atoms with Crippen LogP contribution in [0.4, 0.5) is 0 Å². The Morgan fingerprint density at radius 2 is 1.48 bits per heavy atom. The number of nitrogens with zero attached hydrogens (tertiary/aromatic N) is 2. The summed E-state index contributed by atoms with van der Waals surface area (Å²) in [7, 11) is -1.34. The van der Waals surface area contributed by atoms with Gasteiger partial charge in [0.15, 0.2) is 0 Å². The molecule has 3 aromatic heterocycles. The van der Waals surface area contributed by atoms with Gasteiger partial charge in [0, 0.05) is 37.9 Å². The quantitative estimate of drug-likeness (QED) is 0.113. The van der Waals surface area contributed by atoms with Crippen LogP contribution in [0.2, 0.25) is 19.6 Å². The molecule has 0 spiro atoms. The van der Waals surface area contributed by atoms with Gasteiger partial charge in [-0.1, -0.05) is 124 Å². The van der Waals surface area contributed by atoms with E-state index in [4.69, 9.17) is 4.42 Å². The van der Waals surface area contributed by atoms with Gasteiger partial charge in [0.2, 0.25) is 0 Å². The number of rotatable bonds is 8. The molecular weight excluding hydrogens is 805 g/mol. The van der Waals surface area contributed by atoms with E-state index in [0.717, 1.165) is 62.9 Å². The molecule has 0 N–H and O–H groups in total. The van der Waals surface area contributed by atoms with Crippen LogP contribution in [0.1, 0.15) is 63.5 Å². The van der Waals surface area contributed by atoms with E-state index in [2.05, 4.69) is 148 Å². The molecular formula is C45H46IrN2OSi-2. The Morgan fingerprint density at radius 3 is 2.16 bits per heavy atom. The topological polar surface area (TPSA) is 38.9 Å². The van der Waals surface area contributed by atoms with Gasteiger partial charge in [0.05, 0.1) is 13.7 Å². The van der Waals surface area contributed by atoms with E-state index >= 15 is 0 Å². The minimum Gasteiger partial charge on any atom is -0.501 e. The van der Waals surface area contributed by atoms with Gasteiger partial charge < -0.3 is 14.4 Å². The third kappa shape index (κ3) is 8.07. The van der Waals surface area contributed by atoms with Crippen LogP contribution in [-0.4, -0.2) is 18.0 Å². The summed E-state index contributed by atoms with van der Waals surface area (Å²) in [5.74, 6) is 1.09. The molecule has 0 aliphatic rings. The Morgan fingerprint density at radius 1 is 0.720 bits per heavy atom. The van der Waals surface area contributed by atoms with Crippen LogP contribution in [0.15, 0.2) is 120 Å². The number of furan rings is 1. The fraction of sp³-hybridized carbons (Fsp3) is 0.244. The summed E-state index contributed by atoms with van der Waals surface area (Å²) in [4.78, 5) is 9.32. The maximum atomic E-state index is 6.38. The van der Waals surface area contributed by atoms with Crippen molar-refractivity contribution in [3.63, 3.8) is 0 Å². The van der Waals surface area contributed by atoms with Gasteiger partial charge in [-0.15, -0.1) is 54.1 Å². The zero-order valence-electron chi connectivity index (χ0n) is 30.2. The summed E-state index contributed by atoms with van der Waals surface area (Å²) in [5, 5.41) is 3.70. The first-order chi connectivity index (χ1) is 23.7. The largest absolute Gasteiger partial charge is 0.501 e. The molecule has 0 amide bonds. The molecule has 1 radical (unpaired) electrons. The van der Waals surface area contributed by atoms with Crippen LogP contribution in [0, 0.1) is 12.1 Å². The van der Waals surface area contributed by atoms with E-state index in [9.17, 15) is 0 Å². The van der Waals surface area contributed by atoms with Crippen molar-refractivity contribution in [1.82, 2.24) is 9.97 Å². The molecule has 0 saturated heterocycles. The molecule has 0 unspecified atom stereocenters. The number of fused-ring (bicyclic) bond motifs is 3. The average Bonchev–Trinajstić information content (AvgIpc) is 3.51. The first-order valence-corrected chi connectivity index (χ1v) is 21.0. The predicted octanol–water partition coefficient (Wildman–Crippen LogP) is 12.2. The molecule has 0 fully saturated rings. The summed E-state index contributed by atoms with van der Waals surface area (Å²) in [6.45, 7) is 16.1. The zero-order chi connectivity index (χ0) is 34.5. The summed E-state index contributed by atoms with van der Waals surface area (Å²) in [6.07, 6.45) is 6.26. The molecule has 0 atom stereocenters. The number of hydrogen-bond donors (Lipinski definition) is 0. The van der Waals surface area contributed by atoms with E-state index in [0.29, 0.717) is 11.8 Å². The van der Waals surface area contributed by atoms with Gasteiger partial charge in [-0.25, -0.2) is 0 Å². The van der Waals surface area contributed by atoms with Crippen LogP contribution in [0.5, 0.6) is 0 Å². The average molecular weight is 851 g/mol. The van der Waals surface area contributed by atoms with Crippen molar-refractivity contribution < 1.29 is 24.5 Å². The molecule has 50 heavy (non-hydrogen) atoms. The van der Waals surface area contributed by atoms with E-state index in [1.807, 2.05) is 36.5 Å². The van der Waals surface area contributed by atoms with E-state index in [-0.39, 0.29) is 20.1 Å². The first kappa shape index (κ1) is 37.1. The summed E-state index contributed by atoms with van der Waals surface area (Å²) in [5.41, 5.74) is 10.8. The fourth-order valence-electron chi connectivity index (χ4n) is 6.61. The van der Waals surface area contributed by atoms with Crippen LogP contribution in [-0.2, 0) is 20.1 Å². The van der Waals surface area contributed by atoms with Crippen molar-refractivity contribution in [3.05, 3.63) is 139 Å². The van der Waals surface area contributed by atoms with Crippen LogP contribution < -0.4 is 5.19 Å². The van der Waals surface area contributed by atoms with E-state index in [1.54, 1.807) is 0 Å². The monoisotopic (exact) mass is 851 g/mol. The van der Waals surface area contributed by atoms with Crippen LogP contribution in [0.25, 0.3) is 55.6 Å². The van der Waals surface area contributed by atoms with Gasteiger partial charge in [0.25, 0.3) is 0 Å². The number of hydrogen-bond acceptors (Lipinski definition) is 3. The van der Waals surface area contributed by atoms with Gasteiger partial charge in [-0.05, 0) is 64.5 Å². The second-order valence-corrected chi connectivity index (χ2v) is 19.1. The molecule has 0 bridgehead atoms. The van der Waals surface area contributed by atoms with Crippen LogP contribution in [0.3, 0.4) is 0 Å². The maximum absolute atomic E-state index is 6.38. The molecule has 0 aliphatic heterocycles. The molecule has 257 valence electrons. The van der Waals surface area contributed by atoms with Gasteiger partial charge in [0.1, 0.15) is 5.58 Å². The molecule has 3 nitrogen and oxygen atoms in total. The van der Waals surface area contributed by atoms with Crippen molar-refractivity contribution >= 4 is 35.2 Å². The second kappa shape index (κ2) is 16.2. The number of pyridine rings is 2. The molecule has 4 aromatic carbocycles. The van der Waals surface area contributed by atoms with Crippen molar-refractivity contribution in [3.8, 4) is 33.6 Å². The third-order valence-corrected chi connectivity index (χ3v) is 11.4. The van der Waals surface area contributed by atoms with Crippen molar-refractivity contribution in [2.24, 2.45) is 0 Å². The summed E-state index contributed by atoms with van der Waals surface area (Å²) < 4.78 is 6.38. The van der Waals surface area contributed by atoms with E-state index < -0.39 is 8.07 Å². The summed E-state index contributed by atoms with van der Waals surface area (Å²) in [6, 6.07) is 42.2. The van der Waals surface area contributed by atoms with Crippen molar-refractivity contribution in [2.45, 2.75) is 72.0 Å². The molecule has 7 aromatic rings. The standard InChI is InChI=1S/C28H24NO.C17H22NSi.Ir/c1-3-19(4-2)22-15-16-29-26(17-22)25-12-8-11-24-23-14-13-21(18-27(23)30-28(24)25)20-9-6-5-7-10-20;1-13(2)15-11-16(14-9-7-6-8-10-14)18-12-17(15)19(3,4)5;/h5-11,13-19H,3-4H2,1-2H3;6-9,11-13H,1-5H3;/q2*-1;. The van der Waals surface area contributed by atoms with Crippen molar-refractivity contribution in [1.29, 1.82) is 0 Å². The predicted molar refractivity (Wildman–Crippen MR) is 210 cm³/mol. The Kier molecular flexibility index (Phi) is 12.1. The minimum atomic E-state index is -1.34. The molecule has 5 heteroatoms. The molecule has 0 aliphatic carbocycles. The SMILES string of the molecule is CC(C)c1cc(-c2[c-]cccc2)ncc1[Si](C)(C)C.CCC(CC)c1ccnc(-c2[c-]ccc3c2oc2cc(-c4ccccc4)ccc23)c1.[Ir]. The maximum Gasteiger partial charge on any atom is 0.121 e. The van der Waals surface area contributed by atoms with Crippen molar-refractivity contribution in [2.75, 3.05) is 0 Å². The second-order valence-electron chi connectivity index (χ2n) is 14.1. The fourth-order valence-corrected chi connectivity index (χ4v) is 8.29. The zero-order valence-corrected chi connectivity index (χ0v) is 33.6. The Balaban J connectivity index is 0.000000211. The Bertz CT molecular complexity index is 2160. The summed E-state index contributed by atoms with van der Waals surface area (Å²) >= 11 is 0. The van der Waals surface area contributed by atoms with Gasteiger partial charge >= 0.3 is 0 Å². The molecule has 0 saturated carbocycles. The Hall–Kier alpha value is -4.15. The smallest absolute Gasteiger partial charge is 0.121 e. The number of benzene rings is 4. The van der Waals surface area contributed by atoms with Crippen LogP contribution >= 0.6 is 0 Å². The van der Waals surface area contributed by atoms with Gasteiger partial charge in [-0.3, -0.25) is 0 Å². The minimum absolute atomic E-state index is 0. The van der Waals surface area contributed by atoms with Gasteiger partial charge in [-0.2, -0.15) is 0 Å². The van der Waals surface area contributed by atoms with E-state index in [1.165, 1.54) is 21.9 Å². The molecule has 7 rings (SSSR count).